The van der Waals surface area contributed by atoms with Crippen LogP contribution in [0.4, 0.5) is 4.39 Å². The summed E-state index contributed by atoms with van der Waals surface area (Å²) in [4.78, 5) is 2.22. The number of alkyl halides is 1. The van der Waals surface area contributed by atoms with E-state index in [2.05, 4.69) is 47.6 Å². The van der Waals surface area contributed by atoms with E-state index in [1.165, 1.54) is 37.7 Å². The summed E-state index contributed by atoms with van der Waals surface area (Å²) in [5, 5.41) is 3.85. The van der Waals surface area contributed by atoms with Gasteiger partial charge >= 0.3 is 0 Å². The van der Waals surface area contributed by atoms with Crippen LogP contribution in [0.2, 0.25) is 0 Å². The average Bonchev–Trinajstić information content (AvgIpc) is 2.88. The monoisotopic (exact) mass is 535 g/mol. The molecular formula is C30H54FN5S. The summed E-state index contributed by atoms with van der Waals surface area (Å²) in [5.74, 6) is 7.82. The highest BCUT2D eigenvalue weighted by atomic mass is 32.2. The van der Waals surface area contributed by atoms with E-state index in [0.29, 0.717) is 25.0 Å². The average molecular weight is 536 g/mol. The molecule has 1 saturated carbocycles. The Labute approximate surface area is 231 Å². The molecule has 3 aliphatic rings. The van der Waals surface area contributed by atoms with Crippen molar-refractivity contribution in [2.45, 2.75) is 98.7 Å². The first-order chi connectivity index (χ1) is 17.7. The molecule has 0 radical (unpaired) electrons. The third kappa shape index (κ3) is 13.7. The van der Waals surface area contributed by atoms with Crippen LogP contribution in [0, 0.1) is 18.8 Å². The van der Waals surface area contributed by atoms with Gasteiger partial charge < -0.3 is 10.7 Å². The van der Waals surface area contributed by atoms with E-state index in [0.717, 1.165) is 31.3 Å². The van der Waals surface area contributed by atoms with Gasteiger partial charge in [-0.3, -0.25) is 0 Å². The second-order valence-electron chi connectivity index (χ2n) is 10.6. The van der Waals surface area contributed by atoms with Crippen molar-refractivity contribution in [2.24, 2.45) is 22.8 Å². The third-order valence-corrected chi connectivity index (χ3v) is 7.78. The fraction of sp³-hybridized carbons (Fsp3) is 0.700. The van der Waals surface area contributed by atoms with E-state index in [1.807, 2.05) is 55.4 Å². The summed E-state index contributed by atoms with van der Waals surface area (Å²) in [6.45, 7) is 17.2. The molecule has 212 valence electrons. The Balaban J connectivity index is 0.000000346. The zero-order chi connectivity index (χ0) is 27.7. The van der Waals surface area contributed by atoms with Gasteiger partial charge in [-0.25, -0.2) is 13.4 Å². The molecule has 2 unspecified atom stereocenters. The number of allylic oxidation sites excluding steroid dienone is 1. The van der Waals surface area contributed by atoms with Gasteiger partial charge in [-0.2, -0.15) is 5.10 Å². The van der Waals surface area contributed by atoms with Crippen LogP contribution in [0.15, 0.2) is 47.6 Å². The van der Waals surface area contributed by atoms with Crippen LogP contribution < -0.4 is 10.6 Å². The van der Waals surface area contributed by atoms with E-state index < -0.39 is 5.67 Å². The quantitative estimate of drug-likeness (QED) is 0.139. The molecule has 7 heteroatoms. The standard InChI is InChI=1S/C14H26FN5S.C7H14.C7H8.C2H6/c1-4-5-13(17-16)19-7-6-12(11(2)8-19)18-21-20-9-14(3,15)10-20;2*1-7-5-3-2-4-6-7;1-2/h4-5,11-12,18H,6-10,16H2,1-3H3;7H,2-6H2,1H3;2-6H,1H3;1-2H3/b5-4-,17-13+;;;. The molecule has 3 fully saturated rings. The van der Waals surface area contributed by atoms with Crippen molar-refractivity contribution in [3.63, 3.8) is 0 Å². The van der Waals surface area contributed by atoms with Crippen molar-refractivity contribution in [1.29, 1.82) is 0 Å². The van der Waals surface area contributed by atoms with Crippen LogP contribution >= 0.6 is 12.1 Å². The smallest absolute Gasteiger partial charge is 0.147 e. The van der Waals surface area contributed by atoms with Gasteiger partial charge in [0.05, 0.1) is 0 Å². The molecule has 1 aromatic rings. The number of nitrogens with zero attached hydrogens (tertiary/aromatic N) is 3. The van der Waals surface area contributed by atoms with Gasteiger partial charge in [-0.05, 0) is 45.1 Å². The highest BCUT2D eigenvalue weighted by Crippen LogP contribution is 2.30. The molecule has 2 heterocycles. The molecule has 2 aliphatic heterocycles. The molecule has 0 amide bonds. The first kappa shape index (κ1) is 33.5. The summed E-state index contributed by atoms with van der Waals surface area (Å²) >= 11 is 1.56. The van der Waals surface area contributed by atoms with Crippen LogP contribution in [0.5, 0.6) is 0 Å². The number of likely N-dealkylation sites (tertiary alicyclic amines) is 1. The fourth-order valence-electron chi connectivity index (χ4n) is 4.64. The topological polar surface area (TPSA) is 56.9 Å². The Morgan fingerprint density at radius 3 is 2.14 bits per heavy atom. The van der Waals surface area contributed by atoms with Crippen LogP contribution in [-0.4, -0.2) is 52.9 Å². The van der Waals surface area contributed by atoms with E-state index in [4.69, 9.17) is 5.84 Å². The number of halogens is 1. The minimum Gasteiger partial charge on any atom is -0.355 e. The van der Waals surface area contributed by atoms with Gasteiger partial charge in [0.1, 0.15) is 11.5 Å². The lowest BCUT2D eigenvalue weighted by Crippen LogP contribution is -2.56. The molecule has 0 aromatic heterocycles. The second-order valence-corrected chi connectivity index (χ2v) is 11.6. The molecule has 0 bridgehead atoms. The normalized spacial score (nSPS) is 24.0. The van der Waals surface area contributed by atoms with Crippen LogP contribution in [0.25, 0.3) is 0 Å². The molecule has 2 saturated heterocycles. The highest BCUT2D eigenvalue weighted by Gasteiger charge is 2.40. The highest BCUT2D eigenvalue weighted by molar-refractivity contribution is 7.95. The third-order valence-electron chi connectivity index (χ3n) is 6.86. The largest absolute Gasteiger partial charge is 0.355 e. The minimum absolute atomic E-state index is 0.433. The molecule has 4 rings (SSSR count). The van der Waals surface area contributed by atoms with Gasteiger partial charge in [0.2, 0.25) is 0 Å². The second kappa shape index (κ2) is 18.6. The molecular weight excluding hydrogens is 481 g/mol. The zero-order valence-corrected chi connectivity index (χ0v) is 25.4. The summed E-state index contributed by atoms with van der Waals surface area (Å²) in [5.41, 5.74) is 0.310. The van der Waals surface area contributed by atoms with E-state index in [9.17, 15) is 4.39 Å². The van der Waals surface area contributed by atoms with Gasteiger partial charge in [0, 0.05) is 44.4 Å². The fourth-order valence-corrected chi connectivity index (χ4v) is 5.95. The number of rotatable bonds is 4. The van der Waals surface area contributed by atoms with E-state index in [-0.39, 0.29) is 0 Å². The maximum atomic E-state index is 13.4. The molecule has 5 nitrogen and oxygen atoms in total. The van der Waals surface area contributed by atoms with Crippen LogP contribution in [0.3, 0.4) is 0 Å². The predicted molar refractivity (Wildman–Crippen MR) is 162 cm³/mol. The maximum Gasteiger partial charge on any atom is 0.147 e. The lowest BCUT2D eigenvalue weighted by atomic mass is 9.91. The number of benzene rings is 1. The predicted octanol–water partition coefficient (Wildman–Crippen LogP) is 7.35. The Morgan fingerprint density at radius 2 is 1.73 bits per heavy atom. The number of piperidine rings is 1. The minimum atomic E-state index is -1.01. The first-order valence-electron chi connectivity index (χ1n) is 14.3. The van der Waals surface area contributed by atoms with Gasteiger partial charge in [-0.1, -0.05) is 102 Å². The number of nitrogens with one attached hydrogen (secondary N) is 1. The van der Waals surface area contributed by atoms with E-state index in [1.54, 1.807) is 19.1 Å². The summed E-state index contributed by atoms with van der Waals surface area (Å²) in [7, 11) is 0. The molecule has 37 heavy (non-hydrogen) atoms. The number of aryl methyl sites for hydroxylation is 1. The Morgan fingerprint density at radius 1 is 1.11 bits per heavy atom. The summed E-state index contributed by atoms with van der Waals surface area (Å²) in [6.07, 6.45) is 12.4. The van der Waals surface area contributed by atoms with Crippen LogP contribution in [0.1, 0.15) is 85.6 Å². The molecule has 3 N–H and O–H groups in total. The molecule has 2 atom stereocenters. The Kier molecular flexibility index (Phi) is 16.9. The lowest BCUT2D eigenvalue weighted by molar-refractivity contribution is 0.0463. The van der Waals surface area contributed by atoms with Crippen molar-refractivity contribution >= 4 is 18.0 Å². The number of nitrogens with two attached hydrogens (primary N) is 1. The number of hydrogen-bond donors (Lipinski definition) is 2. The van der Waals surface area contributed by atoms with Crippen molar-refractivity contribution in [3.8, 4) is 0 Å². The van der Waals surface area contributed by atoms with Gasteiger partial charge in [-0.15, -0.1) is 0 Å². The van der Waals surface area contributed by atoms with Crippen LogP contribution in [-0.2, 0) is 0 Å². The Hall–Kier alpha value is -1.57. The molecule has 0 spiro atoms. The first-order valence-corrected chi connectivity index (χ1v) is 15.0. The molecule has 1 aromatic carbocycles. The number of hydrogen-bond acceptors (Lipinski definition) is 5. The maximum absolute atomic E-state index is 13.4. The SMILES string of the molecule is C/C=C\C(=N/N)N1CCC(NSN2CC(C)(F)C2)C(C)C1.CC.CC1CCCCC1.Cc1ccccc1. The van der Waals surface area contributed by atoms with E-state index >= 15 is 0 Å². The van der Waals surface area contributed by atoms with Crippen molar-refractivity contribution < 1.29 is 4.39 Å². The number of amidine groups is 1. The Bertz CT molecular complexity index is 756. The molecule has 1 aliphatic carbocycles. The summed E-state index contributed by atoms with van der Waals surface area (Å²) in [6, 6.07) is 10.7. The zero-order valence-electron chi connectivity index (χ0n) is 24.5. The number of hydrazone groups is 1. The van der Waals surface area contributed by atoms with Crippen molar-refractivity contribution in [2.75, 3.05) is 26.2 Å². The lowest BCUT2D eigenvalue weighted by Gasteiger charge is -2.43. The van der Waals surface area contributed by atoms with Crippen molar-refractivity contribution in [3.05, 3.63) is 48.0 Å². The van der Waals surface area contributed by atoms with Gasteiger partial charge in [0.25, 0.3) is 0 Å². The van der Waals surface area contributed by atoms with Crippen molar-refractivity contribution in [1.82, 2.24) is 13.9 Å². The van der Waals surface area contributed by atoms with Gasteiger partial charge in [0.15, 0.2) is 0 Å². The summed E-state index contributed by atoms with van der Waals surface area (Å²) < 4.78 is 18.9.